The molecule has 0 aliphatic carbocycles. The first-order valence-electron chi connectivity index (χ1n) is 3.44. The van der Waals surface area contributed by atoms with Crippen LogP contribution in [0.2, 0.25) is 0 Å². The van der Waals surface area contributed by atoms with Gasteiger partial charge in [0.15, 0.2) is 0 Å². The van der Waals surface area contributed by atoms with Crippen molar-refractivity contribution in [3.8, 4) is 0 Å². The first-order chi connectivity index (χ1) is 5.24. The molecule has 0 fully saturated rings. The fourth-order valence-electron chi connectivity index (χ4n) is 0.808. The molecule has 1 heterocycles. The standard InChI is InChI=1S/C7H13N3O/c1-10(2)7-4-6(5-11-3)8-9-7/h4H,5H2,1-3H3,(H,8,9). The van der Waals surface area contributed by atoms with E-state index in [0.717, 1.165) is 11.5 Å². The van der Waals surface area contributed by atoms with Gasteiger partial charge in [0, 0.05) is 27.3 Å². The zero-order valence-corrected chi connectivity index (χ0v) is 7.09. The van der Waals surface area contributed by atoms with Gasteiger partial charge in [-0.05, 0) is 0 Å². The molecule has 11 heavy (non-hydrogen) atoms. The molecule has 62 valence electrons. The Hall–Kier alpha value is -1.03. The molecule has 0 aromatic carbocycles. The number of ether oxygens (including phenoxy) is 1. The van der Waals surface area contributed by atoms with Gasteiger partial charge in [0.05, 0.1) is 12.3 Å². The van der Waals surface area contributed by atoms with Crippen LogP contribution in [0.1, 0.15) is 5.69 Å². The molecule has 4 heteroatoms. The molecule has 0 radical (unpaired) electrons. The maximum absolute atomic E-state index is 4.93. The van der Waals surface area contributed by atoms with E-state index in [1.807, 2.05) is 25.1 Å². The monoisotopic (exact) mass is 155 g/mol. The Bertz CT molecular complexity index is 219. The molecule has 0 amide bonds. The van der Waals surface area contributed by atoms with Crippen molar-refractivity contribution >= 4 is 5.82 Å². The third-order valence-electron chi connectivity index (χ3n) is 1.38. The molecule has 0 aliphatic heterocycles. The summed E-state index contributed by atoms with van der Waals surface area (Å²) >= 11 is 0. The molecule has 0 aliphatic rings. The summed E-state index contributed by atoms with van der Waals surface area (Å²) in [7, 11) is 5.57. The number of nitrogens with one attached hydrogen (secondary N) is 1. The average Bonchev–Trinajstić information content (AvgIpc) is 2.37. The Morgan fingerprint density at radius 3 is 2.82 bits per heavy atom. The second-order valence-electron chi connectivity index (χ2n) is 2.58. The van der Waals surface area contributed by atoms with Crippen molar-refractivity contribution in [3.05, 3.63) is 11.8 Å². The number of aromatic nitrogens is 2. The lowest BCUT2D eigenvalue weighted by atomic mass is 10.4. The van der Waals surface area contributed by atoms with Crippen molar-refractivity contribution in [1.82, 2.24) is 10.2 Å². The van der Waals surface area contributed by atoms with Crippen LogP contribution in [0.4, 0.5) is 5.82 Å². The van der Waals surface area contributed by atoms with Crippen LogP contribution in [0.15, 0.2) is 6.07 Å². The second kappa shape index (κ2) is 3.39. The minimum absolute atomic E-state index is 0.584. The number of hydrogen-bond acceptors (Lipinski definition) is 3. The van der Waals surface area contributed by atoms with Crippen LogP contribution in [0.25, 0.3) is 0 Å². The fourth-order valence-corrected chi connectivity index (χ4v) is 0.808. The van der Waals surface area contributed by atoms with Crippen molar-refractivity contribution in [2.75, 3.05) is 26.1 Å². The Balaban J connectivity index is 2.66. The number of hydrogen-bond donors (Lipinski definition) is 1. The van der Waals surface area contributed by atoms with E-state index in [0.29, 0.717) is 6.61 Å². The molecule has 1 rings (SSSR count). The normalized spacial score (nSPS) is 10.1. The molecule has 4 nitrogen and oxygen atoms in total. The predicted octanol–water partition coefficient (Wildman–Crippen LogP) is 0.622. The minimum atomic E-state index is 0.584. The molecule has 0 saturated heterocycles. The van der Waals surface area contributed by atoms with E-state index in [4.69, 9.17) is 4.74 Å². The Kier molecular flexibility index (Phi) is 2.48. The molecular formula is C7H13N3O. The molecule has 0 atom stereocenters. The first kappa shape index (κ1) is 8.07. The van der Waals surface area contributed by atoms with Crippen LogP contribution in [-0.4, -0.2) is 31.4 Å². The maximum atomic E-state index is 4.93. The number of anilines is 1. The number of H-pyrrole nitrogens is 1. The van der Waals surface area contributed by atoms with Gasteiger partial charge in [-0.1, -0.05) is 0 Å². The molecule has 0 bridgehead atoms. The third-order valence-corrected chi connectivity index (χ3v) is 1.38. The summed E-state index contributed by atoms with van der Waals surface area (Å²) < 4.78 is 4.93. The van der Waals surface area contributed by atoms with E-state index in [9.17, 15) is 0 Å². The molecular weight excluding hydrogens is 142 g/mol. The number of rotatable bonds is 3. The van der Waals surface area contributed by atoms with Crippen molar-refractivity contribution in [2.45, 2.75) is 6.61 Å². The number of aromatic amines is 1. The molecule has 0 saturated carbocycles. The Labute approximate surface area is 66.2 Å². The van der Waals surface area contributed by atoms with Gasteiger partial charge < -0.3 is 9.64 Å². The maximum Gasteiger partial charge on any atom is 0.150 e. The van der Waals surface area contributed by atoms with Crippen molar-refractivity contribution in [3.63, 3.8) is 0 Å². The summed E-state index contributed by atoms with van der Waals surface area (Å²) in [5.74, 6) is 0.928. The van der Waals surface area contributed by atoms with Gasteiger partial charge in [0.25, 0.3) is 0 Å². The summed E-state index contributed by atoms with van der Waals surface area (Å²) in [5, 5.41) is 6.93. The van der Waals surface area contributed by atoms with Crippen LogP contribution in [0.5, 0.6) is 0 Å². The smallest absolute Gasteiger partial charge is 0.150 e. The van der Waals surface area contributed by atoms with E-state index in [1.165, 1.54) is 0 Å². The van der Waals surface area contributed by atoms with Crippen LogP contribution < -0.4 is 4.90 Å². The highest BCUT2D eigenvalue weighted by molar-refractivity contribution is 5.36. The van der Waals surface area contributed by atoms with E-state index >= 15 is 0 Å². The summed E-state index contributed by atoms with van der Waals surface area (Å²) in [4.78, 5) is 1.94. The SMILES string of the molecule is COCc1cc(N(C)C)n[nH]1. The molecule has 1 N–H and O–H groups in total. The van der Waals surface area contributed by atoms with Crippen molar-refractivity contribution in [1.29, 1.82) is 0 Å². The van der Waals surface area contributed by atoms with Gasteiger partial charge in [-0.2, -0.15) is 5.10 Å². The second-order valence-corrected chi connectivity index (χ2v) is 2.58. The summed E-state index contributed by atoms with van der Waals surface area (Å²) in [5.41, 5.74) is 0.996. The van der Waals surface area contributed by atoms with Gasteiger partial charge in [0.1, 0.15) is 5.82 Å². The number of methoxy groups -OCH3 is 1. The van der Waals surface area contributed by atoms with Gasteiger partial charge in [0.2, 0.25) is 0 Å². The molecule has 0 unspecified atom stereocenters. The van der Waals surface area contributed by atoms with Gasteiger partial charge in [-0.3, -0.25) is 5.10 Å². The van der Waals surface area contributed by atoms with E-state index in [1.54, 1.807) is 7.11 Å². The van der Waals surface area contributed by atoms with Gasteiger partial charge >= 0.3 is 0 Å². The van der Waals surface area contributed by atoms with Gasteiger partial charge in [-0.15, -0.1) is 0 Å². The average molecular weight is 155 g/mol. The highest BCUT2D eigenvalue weighted by Gasteiger charge is 2.00. The Morgan fingerprint density at radius 2 is 2.36 bits per heavy atom. The van der Waals surface area contributed by atoms with Crippen LogP contribution in [-0.2, 0) is 11.3 Å². The molecule has 1 aromatic heterocycles. The predicted molar refractivity (Wildman–Crippen MR) is 43.6 cm³/mol. The zero-order valence-electron chi connectivity index (χ0n) is 7.09. The Morgan fingerprint density at radius 1 is 1.64 bits per heavy atom. The lowest BCUT2D eigenvalue weighted by molar-refractivity contribution is 0.181. The molecule has 1 aromatic rings. The fraction of sp³-hybridized carbons (Fsp3) is 0.571. The highest BCUT2D eigenvalue weighted by Crippen LogP contribution is 2.08. The summed E-state index contributed by atoms with van der Waals surface area (Å²) in [6, 6.07) is 1.96. The summed E-state index contributed by atoms with van der Waals surface area (Å²) in [6.45, 7) is 0.584. The van der Waals surface area contributed by atoms with E-state index in [2.05, 4.69) is 10.2 Å². The molecule has 0 spiro atoms. The highest BCUT2D eigenvalue weighted by atomic mass is 16.5. The topological polar surface area (TPSA) is 41.1 Å². The lowest BCUT2D eigenvalue weighted by Gasteiger charge is -2.05. The van der Waals surface area contributed by atoms with Crippen molar-refractivity contribution < 1.29 is 4.74 Å². The third kappa shape index (κ3) is 1.94. The van der Waals surface area contributed by atoms with E-state index < -0.39 is 0 Å². The first-order valence-corrected chi connectivity index (χ1v) is 3.44. The van der Waals surface area contributed by atoms with Crippen LogP contribution >= 0.6 is 0 Å². The lowest BCUT2D eigenvalue weighted by Crippen LogP contribution is -2.08. The number of nitrogens with zero attached hydrogens (tertiary/aromatic N) is 2. The minimum Gasteiger partial charge on any atom is -0.378 e. The van der Waals surface area contributed by atoms with E-state index in [-0.39, 0.29) is 0 Å². The van der Waals surface area contributed by atoms with Gasteiger partial charge in [-0.25, -0.2) is 0 Å². The van der Waals surface area contributed by atoms with Crippen molar-refractivity contribution in [2.24, 2.45) is 0 Å². The largest absolute Gasteiger partial charge is 0.378 e. The van der Waals surface area contributed by atoms with Crippen LogP contribution in [0, 0.1) is 0 Å². The quantitative estimate of drug-likeness (QED) is 0.695. The zero-order chi connectivity index (χ0) is 8.27. The van der Waals surface area contributed by atoms with Crippen LogP contribution in [0.3, 0.4) is 0 Å². The summed E-state index contributed by atoms with van der Waals surface area (Å²) in [6.07, 6.45) is 0.